The number of sulfonamides is 1. The van der Waals surface area contributed by atoms with Gasteiger partial charge >= 0.3 is 0 Å². The van der Waals surface area contributed by atoms with Crippen LogP contribution in [-0.2, 0) is 19.6 Å². The van der Waals surface area contributed by atoms with Crippen molar-refractivity contribution in [2.24, 2.45) is 29.4 Å². The second-order valence-electron chi connectivity index (χ2n) is 9.67. The first-order valence-corrected chi connectivity index (χ1v) is 13.2. The van der Waals surface area contributed by atoms with Crippen molar-refractivity contribution in [1.29, 1.82) is 0 Å². The molecule has 2 bridgehead atoms. The van der Waals surface area contributed by atoms with Crippen LogP contribution in [0.15, 0.2) is 23.1 Å². The number of carbonyl (C=O) groups is 2. The molecule has 0 saturated heterocycles. The van der Waals surface area contributed by atoms with E-state index in [2.05, 4.69) is 17.0 Å². The molecule has 0 aliphatic heterocycles. The molecule has 5 unspecified atom stereocenters. The van der Waals surface area contributed by atoms with Crippen LogP contribution in [0.1, 0.15) is 52.9 Å². The van der Waals surface area contributed by atoms with E-state index >= 15 is 0 Å². The van der Waals surface area contributed by atoms with Gasteiger partial charge in [0.1, 0.15) is 5.54 Å². The summed E-state index contributed by atoms with van der Waals surface area (Å²) in [5, 5.41) is 3.47. The number of hydrogen-bond donors (Lipinski definition) is 3. The Morgan fingerprint density at radius 3 is 2.28 bits per heavy atom. The van der Waals surface area contributed by atoms with Crippen molar-refractivity contribution in [2.75, 3.05) is 0 Å². The Morgan fingerprint density at radius 2 is 1.72 bits per heavy atom. The normalized spacial score (nSPS) is 28.2. The summed E-state index contributed by atoms with van der Waals surface area (Å²) in [5.74, 6) is -0.0208. The van der Waals surface area contributed by atoms with Crippen LogP contribution in [-0.4, -0.2) is 31.8 Å². The number of halogens is 2. The van der Waals surface area contributed by atoms with Gasteiger partial charge in [0.05, 0.1) is 4.90 Å². The Labute approximate surface area is 199 Å². The van der Waals surface area contributed by atoms with E-state index in [9.17, 15) is 18.0 Å². The molecule has 2 amide bonds. The Bertz CT molecular complexity index is 979. The van der Waals surface area contributed by atoms with Crippen LogP contribution in [0.25, 0.3) is 0 Å². The van der Waals surface area contributed by atoms with E-state index in [1.165, 1.54) is 32.0 Å². The number of rotatable bonds is 7. The zero-order valence-corrected chi connectivity index (χ0v) is 20.9. The molecule has 32 heavy (non-hydrogen) atoms. The zero-order valence-electron chi connectivity index (χ0n) is 18.5. The van der Waals surface area contributed by atoms with Gasteiger partial charge in [-0.25, -0.2) is 8.42 Å². The predicted molar refractivity (Wildman–Crippen MR) is 125 cm³/mol. The summed E-state index contributed by atoms with van der Waals surface area (Å²) in [6.07, 6.45) is 4.23. The number of carbonyl (C=O) groups excluding carboxylic acids is 2. The van der Waals surface area contributed by atoms with Crippen LogP contribution < -0.4 is 15.8 Å². The molecule has 178 valence electrons. The van der Waals surface area contributed by atoms with E-state index in [0.717, 1.165) is 25.7 Å². The average molecular weight is 504 g/mol. The first-order chi connectivity index (χ1) is 14.8. The molecule has 3 rings (SSSR count). The molecular weight excluding hydrogens is 473 g/mol. The number of benzene rings is 1. The summed E-state index contributed by atoms with van der Waals surface area (Å²) in [6, 6.07) is 3.87. The maximum Gasteiger partial charge on any atom is 0.241 e. The van der Waals surface area contributed by atoms with Crippen molar-refractivity contribution in [3.63, 3.8) is 0 Å². The molecule has 0 spiro atoms. The number of amides is 2. The molecule has 5 atom stereocenters. The summed E-state index contributed by atoms with van der Waals surface area (Å²) < 4.78 is 28.3. The quantitative estimate of drug-likeness (QED) is 0.527. The first kappa shape index (κ1) is 25.3. The van der Waals surface area contributed by atoms with Crippen LogP contribution in [0.3, 0.4) is 0 Å². The summed E-state index contributed by atoms with van der Waals surface area (Å²) in [7, 11) is -4.05. The third-order valence-corrected chi connectivity index (χ3v) is 8.89. The number of fused-ring (bicyclic) bond motifs is 2. The van der Waals surface area contributed by atoms with Gasteiger partial charge in [-0.05, 0) is 75.5 Å². The van der Waals surface area contributed by atoms with Crippen LogP contribution in [0, 0.1) is 23.7 Å². The lowest BCUT2D eigenvalue weighted by atomic mass is 9.61. The van der Waals surface area contributed by atoms with Gasteiger partial charge in [-0.2, -0.15) is 4.72 Å². The van der Waals surface area contributed by atoms with Crippen molar-refractivity contribution < 1.29 is 18.0 Å². The highest BCUT2D eigenvalue weighted by molar-refractivity contribution is 7.89. The Balaban J connectivity index is 1.77. The highest BCUT2D eigenvalue weighted by Gasteiger charge is 2.45. The lowest BCUT2D eigenvalue weighted by molar-refractivity contribution is -0.129. The average Bonchev–Trinajstić information content (AvgIpc) is 2.67. The molecule has 7 nitrogen and oxygen atoms in total. The SMILES string of the molecule is CCC1CC2CC(C(N)=O)CC(C2)C1NC(=O)C(C)(C)NS(=O)(=O)c1cc(Cl)cc(Cl)c1. The summed E-state index contributed by atoms with van der Waals surface area (Å²) in [6.45, 7) is 5.13. The second-order valence-corrected chi connectivity index (χ2v) is 12.2. The van der Waals surface area contributed by atoms with Gasteiger partial charge in [0.25, 0.3) is 0 Å². The van der Waals surface area contributed by atoms with Gasteiger partial charge in [0, 0.05) is 22.0 Å². The summed E-state index contributed by atoms with van der Waals surface area (Å²) in [5.41, 5.74) is 4.16. The minimum absolute atomic E-state index is 0.112. The van der Waals surface area contributed by atoms with E-state index in [4.69, 9.17) is 28.9 Å². The summed E-state index contributed by atoms with van der Waals surface area (Å²) >= 11 is 11.9. The lowest BCUT2D eigenvalue weighted by Crippen LogP contribution is -2.60. The lowest BCUT2D eigenvalue weighted by Gasteiger charge is -2.48. The monoisotopic (exact) mass is 503 g/mol. The minimum Gasteiger partial charge on any atom is -0.369 e. The highest BCUT2D eigenvalue weighted by Crippen LogP contribution is 2.46. The number of nitrogens with two attached hydrogens (primary N) is 1. The van der Waals surface area contributed by atoms with Gasteiger partial charge in [-0.1, -0.05) is 36.5 Å². The van der Waals surface area contributed by atoms with Crippen molar-refractivity contribution in [3.05, 3.63) is 28.2 Å². The molecule has 1 aromatic carbocycles. The molecule has 1 aromatic rings. The van der Waals surface area contributed by atoms with Gasteiger partial charge in [-0.15, -0.1) is 0 Å². The van der Waals surface area contributed by atoms with Crippen LogP contribution in [0.2, 0.25) is 10.0 Å². The molecule has 4 N–H and O–H groups in total. The zero-order chi connectivity index (χ0) is 23.8. The Kier molecular flexibility index (Phi) is 7.49. The van der Waals surface area contributed by atoms with Gasteiger partial charge in [0.15, 0.2) is 0 Å². The molecule has 2 fully saturated rings. The fourth-order valence-electron chi connectivity index (χ4n) is 5.28. The maximum atomic E-state index is 13.2. The van der Waals surface area contributed by atoms with Crippen LogP contribution >= 0.6 is 23.2 Å². The molecule has 0 heterocycles. The molecule has 2 aliphatic carbocycles. The molecule has 0 radical (unpaired) electrons. The highest BCUT2D eigenvalue weighted by atomic mass is 35.5. The second kappa shape index (κ2) is 9.49. The molecule has 10 heteroatoms. The Morgan fingerprint density at radius 1 is 1.09 bits per heavy atom. The third-order valence-electron chi connectivity index (χ3n) is 6.82. The number of hydrogen-bond acceptors (Lipinski definition) is 4. The predicted octanol–water partition coefficient (Wildman–Crippen LogP) is 3.48. The largest absolute Gasteiger partial charge is 0.369 e. The molecule has 2 saturated carbocycles. The fraction of sp³-hybridized carbons (Fsp3) is 0.636. The van der Waals surface area contributed by atoms with Gasteiger partial charge < -0.3 is 11.1 Å². The smallest absolute Gasteiger partial charge is 0.241 e. The van der Waals surface area contributed by atoms with Crippen molar-refractivity contribution >= 4 is 45.0 Å². The molecular formula is C22H31Cl2N3O4S. The fourth-order valence-corrected chi connectivity index (χ4v) is 7.38. The van der Waals surface area contributed by atoms with E-state index in [1.54, 1.807) is 0 Å². The maximum absolute atomic E-state index is 13.2. The van der Waals surface area contributed by atoms with Crippen molar-refractivity contribution in [2.45, 2.75) is 69.4 Å². The van der Waals surface area contributed by atoms with E-state index in [-0.39, 0.29) is 44.6 Å². The molecule has 0 aromatic heterocycles. The van der Waals surface area contributed by atoms with Gasteiger partial charge in [-0.3, -0.25) is 9.59 Å². The van der Waals surface area contributed by atoms with E-state index in [1.807, 2.05) is 0 Å². The number of primary amides is 1. The summed E-state index contributed by atoms with van der Waals surface area (Å²) in [4.78, 5) is 24.9. The minimum atomic E-state index is -4.05. The van der Waals surface area contributed by atoms with Gasteiger partial charge in [0.2, 0.25) is 21.8 Å². The van der Waals surface area contributed by atoms with Crippen molar-refractivity contribution in [1.82, 2.24) is 10.0 Å². The van der Waals surface area contributed by atoms with Crippen LogP contribution in [0.5, 0.6) is 0 Å². The van der Waals surface area contributed by atoms with Crippen molar-refractivity contribution in [3.8, 4) is 0 Å². The number of nitrogens with one attached hydrogen (secondary N) is 2. The Hall–Kier alpha value is -1.35. The van der Waals surface area contributed by atoms with E-state index in [0.29, 0.717) is 12.3 Å². The van der Waals surface area contributed by atoms with E-state index < -0.39 is 21.5 Å². The standard InChI is InChI=1S/C22H31Cl2N3O4S/c1-4-13-5-12-6-14(8-15(7-12)20(25)28)19(13)26-21(29)22(2,3)27-32(30,31)18-10-16(23)9-17(24)11-18/h9-15,19,27H,4-8H2,1-3H3,(H2,25,28)(H,26,29). The first-order valence-electron chi connectivity index (χ1n) is 10.9. The third kappa shape index (κ3) is 5.58. The topological polar surface area (TPSA) is 118 Å². The molecule has 2 aliphatic rings. The van der Waals surface area contributed by atoms with Crippen LogP contribution in [0.4, 0.5) is 0 Å².